The van der Waals surface area contributed by atoms with Gasteiger partial charge in [0, 0.05) is 37.3 Å². The van der Waals surface area contributed by atoms with Gasteiger partial charge in [-0.3, -0.25) is 0 Å². The lowest BCUT2D eigenvalue weighted by Crippen LogP contribution is -2.48. The Morgan fingerprint density at radius 2 is 1.53 bits per heavy atom. The van der Waals surface area contributed by atoms with Crippen molar-refractivity contribution in [3.8, 4) is 22.8 Å². The van der Waals surface area contributed by atoms with Gasteiger partial charge in [0.25, 0.3) is 0 Å². The summed E-state index contributed by atoms with van der Waals surface area (Å²) in [5.74, 6) is 1.67. The first kappa shape index (κ1) is 20.6. The maximum atomic E-state index is 11.9. The lowest BCUT2D eigenvalue weighted by molar-refractivity contribution is 0.387. The molecule has 4 aromatic rings. The van der Waals surface area contributed by atoms with Crippen LogP contribution in [0.3, 0.4) is 0 Å². The predicted molar refractivity (Wildman–Crippen MR) is 124 cm³/mol. The van der Waals surface area contributed by atoms with E-state index in [1.165, 1.54) is 10.6 Å². The molecule has 3 heterocycles. The normalized spacial score (nSPS) is 15.4. The van der Waals surface area contributed by atoms with Crippen LogP contribution in [-0.2, 0) is 10.0 Å². The summed E-state index contributed by atoms with van der Waals surface area (Å²) in [6, 6.07) is 17.7. The number of aromatic nitrogens is 3. The number of fused-ring (bicyclic) bond motifs is 1. The Kier molecular flexibility index (Phi) is 5.15. The molecule has 1 aliphatic heterocycles. The number of piperazine rings is 1. The predicted octanol–water partition coefficient (Wildman–Crippen LogP) is 3.34. The Morgan fingerprint density at radius 3 is 2.19 bits per heavy atom. The molecule has 5 rings (SSSR count). The van der Waals surface area contributed by atoms with Crippen molar-refractivity contribution in [1.29, 1.82) is 0 Å². The van der Waals surface area contributed by atoms with E-state index in [4.69, 9.17) is 9.40 Å². The molecule has 2 aromatic carbocycles. The first-order valence-corrected chi connectivity index (χ1v) is 12.2. The minimum Gasteiger partial charge on any atom is -0.430 e. The summed E-state index contributed by atoms with van der Waals surface area (Å²) >= 11 is 0. The molecule has 0 unspecified atom stereocenters. The minimum absolute atomic E-state index is 0.393. The standard InChI is InChI=1S/C23H23N5O3S/c1-16-8-10-18(11-9-16)23-26-21-19(31-23)22(25-20(24-21)17-6-4-3-5-7-17)27-12-14-28(15-13-27)32(2,29)30/h3-11H,12-15H2,1-2H3. The Balaban J connectivity index is 1.60. The van der Waals surface area contributed by atoms with Gasteiger partial charge in [-0.05, 0) is 19.1 Å². The molecule has 32 heavy (non-hydrogen) atoms. The second-order valence-electron chi connectivity index (χ2n) is 7.92. The van der Waals surface area contributed by atoms with Gasteiger partial charge in [0.15, 0.2) is 11.6 Å². The Morgan fingerprint density at radius 1 is 0.844 bits per heavy atom. The van der Waals surface area contributed by atoms with E-state index in [9.17, 15) is 8.42 Å². The third kappa shape index (κ3) is 3.96. The van der Waals surface area contributed by atoms with Crippen LogP contribution in [0.1, 0.15) is 5.56 Å². The summed E-state index contributed by atoms with van der Waals surface area (Å²) in [4.78, 5) is 16.2. The lowest BCUT2D eigenvalue weighted by Gasteiger charge is -2.33. The molecule has 0 atom stereocenters. The highest BCUT2D eigenvalue weighted by atomic mass is 32.2. The van der Waals surface area contributed by atoms with Crippen LogP contribution in [-0.4, -0.2) is 60.1 Å². The van der Waals surface area contributed by atoms with Crippen LogP contribution in [0.5, 0.6) is 0 Å². The molecule has 164 valence electrons. The molecular formula is C23H23N5O3S. The van der Waals surface area contributed by atoms with Crippen molar-refractivity contribution in [2.24, 2.45) is 0 Å². The fraction of sp³-hybridized carbons (Fsp3) is 0.261. The third-order valence-corrected chi connectivity index (χ3v) is 6.88. The van der Waals surface area contributed by atoms with Crippen molar-refractivity contribution in [2.45, 2.75) is 6.92 Å². The molecule has 9 heteroatoms. The molecule has 2 aromatic heterocycles. The van der Waals surface area contributed by atoms with Gasteiger partial charge in [-0.2, -0.15) is 9.29 Å². The van der Waals surface area contributed by atoms with E-state index in [-0.39, 0.29) is 0 Å². The van der Waals surface area contributed by atoms with E-state index >= 15 is 0 Å². The maximum Gasteiger partial charge on any atom is 0.229 e. The Hall–Kier alpha value is -3.30. The van der Waals surface area contributed by atoms with Crippen molar-refractivity contribution in [2.75, 3.05) is 37.3 Å². The Labute approximate surface area is 186 Å². The fourth-order valence-electron chi connectivity index (χ4n) is 3.79. The van der Waals surface area contributed by atoms with Gasteiger partial charge < -0.3 is 9.32 Å². The zero-order valence-corrected chi connectivity index (χ0v) is 18.7. The highest BCUT2D eigenvalue weighted by Crippen LogP contribution is 2.32. The summed E-state index contributed by atoms with van der Waals surface area (Å²) in [6.07, 6.45) is 1.24. The zero-order chi connectivity index (χ0) is 22.3. The topological polar surface area (TPSA) is 92.4 Å². The van der Waals surface area contributed by atoms with Gasteiger partial charge in [0.05, 0.1) is 6.26 Å². The molecule has 1 fully saturated rings. The summed E-state index contributed by atoms with van der Waals surface area (Å²) in [6.45, 7) is 3.83. The quantitative estimate of drug-likeness (QED) is 0.472. The van der Waals surface area contributed by atoms with Gasteiger partial charge in [-0.15, -0.1) is 0 Å². The number of hydrogen-bond acceptors (Lipinski definition) is 7. The molecule has 8 nitrogen and oxygen atoms in total. The first-order chi connectivity index (χ1) is 15.4. The number of sulfonamides is 1. The van der Waals surface area contributed by atoms with Gasteiger partial charge in [-0.1, -0.05) is 48.0 Å². The number of rotatable bonds is 4. The van der Waals surface area contributed by atoms with E-state index in [2.05, 4.69) is 9.97 Å². The molecule has 1 saturated heterocycles. The van der Waals surface area contributed by atoms with Gasteiger partial charge in [0.1, 0.15) is 0 Å². The highest BCUT2D eigenvalue weighted by Gasteiger charge is 2.27. The number of benzene rings is 2. The molecular weight excluding hydrogens is 426 g/mol. The Bertz CT molecular complexity index is 1360. The largest absolute Gasteiger partial charge is 0.430 e. The van der Waals surface area contributed by atoms with Crippen LogP contribution >= 0.6 is 0 Å². The average molecular weight is 450 g/mol. The van der Waals surface area contributed by atoms with Crippen molar-refractivity contribution in [3.63, 3.8) is 0 Å². The average Bonchev–Trinajstić information content (AvgIpc) is 3.23. The van der Waals surface area contributed by atoms with Crippen LogP contribution < -0.4 is 4.90 Å². The number of anilines is 1. The molecule has 0 spiro atoms. The second kappa shape index (κ2) is 7.99. The highest BCUT2D eigenvalue weighted by molar-refractivity contribution is 7.88. The van der Waals surface area contributed by atoms with Crippen molar-refractivity contribution < 1.29 is 12.8 Å². The molecule has 0 amide bonds. The SMILES string of the molecule is Cc1ccc(-c2nc3nc(-c4ccccc4)nc(N4CCN(S(C)(=O)=O)CC4)c3o2)cc1. The van der Waals surface area contributed by atoms with E-state index < -0.39 is 10.0 Å². The molecule has 0 saturated carbocycles. The lowest BCUT2D eigenvalue weighted by atomic mass is 10.1. The maximum absolute atomic E-state index is 11.9. The third-order valence-electron chi connectivity index (χ3n) is 5.57. The van der Waals surface area contributed by atoms with E-state index in [0.717, 1.165) is 16.7 Å². The van der Waals surface area contributed by atoms with Crippen LogP contribution in [0.4, 0.5) is 5.82 Å². The summed E-state index contributed by atoms with van der Waals surface area (Å²) < 4.78 is 31.5. The zero-order valence-electron chi connectivity index (χ0n) is 17.9. The molecule has 1 aliphatic rings. The minimum atomic E-state index is -3.22. The van der Waals surface area contributed by atoms with Crippen molar-refractivity contribution in [1.82, 2.24) is 19.3 Å². The molecule has 0 aliphatic carbocycles. The van der Waals surface area contributed by atoms with E-state index in [1.807, 2.05) is 66.4 Å². The van der Waals surface area contributed by atoms with Crippen LogP contribution in [0.25, 0.3) is 34.1 Å². The monoisotopic (exact) mass is 449 g/mol. The first-order valence-electron chi connectivity index (χ1n) is 10.4. The van der Waals surface area contributed by atoms with Crippen LogP contribution in [0, 0.1) is 6.92 Å². The van der Waals surface area contributed by atoms with Crippen LogP contribution in [0.15, 0.2) is 59.0 Å². The number of aryl methyl sites for hydroxylation is 1. The number of hydrogen-bond donors (Lipinski definition) is 0. The number of nitrogens with zero attached hydrogens (tertiary/aromatic N) is 5. The number of oxazole rings is 1. The smallest absolute Gasteiger partial charge is 0.229 e. The molecule has 0 N–H and O–H groups in total. The van der Waals surface area contributed by atoms with Crippen molar-refractivity contribution >= 4 is 27.1 Å². The van der Waals surface area contributed by atoms with E-state index in [0.29, 0.717) is 54.9 Å². The summed E-state index contributed by atoms with van der Waals surface area (Å²) in [5, 5.41) is 0. The van der Waals surface area contributed by atoms with E-state index in [1.54, 1.807) is 0 Å². The summed E-state index contributed by atoms with van der Waals surface area (Å²) in [5.41, 5.74) is 3.89. The van der Waals surface area contributed by atoms with Crippen LogP contribution in [0.2, 0.25) is 0 Å². The van der Waals surface area contributed by atoms with Crippen molar-refractivity contribution in [3.05, 3.63) is 60.2 Å². The van der Waals surface area contributed by atoms with Gasteiger partial charge in [-0.25, -0.2) is 18.4 Å². The molecule has 0 bridgehead atoms. The second-order valence-corrected chi connectivity index (χ2v) is 9.91. The van der Waals surface area contributed by atoms with Gasteiger partial charge in [0.2, 0.25) is 27.1 Å². The fourth-order valence-corrected chi connectivity index (χ4v) is 4.62. The summed E-state index contributed by atoms with van der Waals surface area (Å²) in [7, 11) is -3.22. The molecule has 0 radical (unpaired) electrons. The van der Waals surface area contributed by atoms with Gasteiger partial charge >= 0.3 is 0 Å².